The maximum atomic E-state index is 12.3. The Labute approximate surface area is 190 Å². The number of ether oxygens (including phenoxy) is 2. The van der Waals surface area contributed by atoms with Crippen molar-refractivity contribution in [1.29, 1.82) is 0 Å². The number of hydrogen-bond acceptors (Lipinski definition) is 5. The lowest BCUT2D eigenvalue weighted by Crippen LogP contribution is -2.33. The highest BCUT2D eigenvalue weighted by atomic mass is 35.5. The normalized spacial score (nSPS) is 16.6. The van der Waals surface area contributed by atoms with Gasteiger partial charge in [0.2, 0.25) is 0 Å². The van der Waals surface area contributed by atoms with Crippen molar-refractivity contribution in [3.63, 3.8) is 0 Å². The van der Waals surface area contributed by atoms with Gasteiger partial charge in [-0.25, -0.2) is 9.67 Å². The molecule has 1 aliphatic heterocycles. The molecule has 1 aliphatic rings. The summed E-state index contributed by atoms with van der Waals surface area (Å²) < 4.78 is 36.4. The molecule has 0 amide bonds. The summed E-state index contributed by atoms with van der Waals surface area (Å²) in [7, 11) is 0. The molecule has 3 N–H and O–H groups in total. The van der Waals surface area contributed by atoms with Gasteiger partial charge in [0.25, 0.3) is 0 Å². The lowest BCUT2D eigenvalue weighted by molar-refractivity contribution is -0.0498. The minimum atomic E-state index is -2.86. The molecule has 1 aromatic heterocycles. The highest BCUT2D eigenvalue weighted by Gasteiger charge is 2.16. The van der Waals surface area contributed by atoms with Crippen molar-refractivity contribution in [1.82, 2.24) is 15.1 Å². The van der Waals surface area contributed by atoms with Gasteiger partial charge < -0.3 is 20.5 Å². The molecule has 3 aromatic rings. The molecule has 0 unspecified atom stereocenters. The average Bonchev–Trinajstić information content (AvgIpc) is 3.16. The number of rotatable bonds is 6. The van der Waals surface area contributed by atoms with E-state index in [4.69, 9.17) is 10.5 Å². The van der Waals surface area contributed by atoms with E-state index in [0.717, 1.165) is 30.0 Å². The van der Waals surface area contributed by atoms with Crippen LogP contribution in [0.25, 0.3) is 5.69 Å². The van der Waals surface area contributed by atoms with Crippen LogP contribution in [0.1, 0.15) is 22.9 Å². The van der Waals surface area contributed by atoms with Crippen LogP contribution >= 0.6 is 12.4 Å². The number of nitrogens with two attached hydrogens (primary N) is 1. The number of benzene rings is 2. The Hall–Kier alpha value is -3.01. The lowest BCUT2D eigenvalue weighted by Gasteiger charge is -2.23. The molecule has 0 aliphatic carbocycles. The van der Waals surface area contributed by atoms with E-state index in [1.54, 1.807) is 23.0 Å². The van der Waals surface area contributed by atoms with Gasteiger partial charge >= 0.3 is 6.61 Å². The van der Waals surface area contributed by atoms with E-state index in [0.29, 0.717) is 23.7 Å². The fraction of sp³-hybridized carbons (Fsp3) is 0.273. The first-order valence-electron chi connectivity index (χ1n) is 9.88. The minimum absolute atomic E-state index is 0. The van der Waals surface area contributed by atoms with Crippen LogP contribution in [0.5, 0.6) is 5.75 Å². The third-order valence-electron chi connectivity index (χ3n) is 5.03. The zero-order valence-electron chi connectivity index (χ0n) is 17.4. The molecule has 170 valence electrons. The summed E-state index contributed by atoms with van der Waals surface area (Å²) >= 11 is 0. The molecule has 2 aromatic carbocycles. The predicted octanol–water partition coefficient (Wildman–Crippen LogP) is 3.90. The van der Waals surface area contributed by atoms with Crippen LogP contribution in [0, 0.1) is 6.92 Å². The largest absolute Gasteiger partial charge is 0.435 e. The van der Waals surface area contributed by atoms with Crippen molar-refractivity contribution in [3.8, 4) is 11.4 Å². The third-order valence-corrected chi connectivity index (χ3v) is 5.03. The van der Waals surface area contributed by atoms with Crippen LogP contribution in [0.3, 0.4) is 0 Å². The Morgan fingerprint density at radius 2 is 1.94 bits per heavy atom. The number of hydrogen-bond donors (Lipinski definition) is 2. The molecule has 0 radical (unpaired) electrons. The van der Waals surface area contributed by atoms with Gasteiger partial charge in [-0.2, -0.15) is 13.9 Å². The van der Waals surface area contributed by atoms with Crippen molar-refractivity contribution in [3.05, 3.63) is 71.5 Å². The summed E-state index contributed by atoms with van der Waals surface area (Å²) in [6.45, 7) is 1.36. The van der Waals surface area contributed by atoms with E-state index in [1.165, 1.54) is 12.1 Å². The molecule has 1 saturated heterocycles. The van der Waals surface area contributed by atoms with E-state index in [-0.39, 0.29) is 24.3 Å². The number of morpholine rings is 1. The molecule has 10 heteroatoms. The molecule has 32 heavy (non-hydrogen) atoms. The highest BCUT2D eigenvalue weighted by Crippen LogP contribution is 2.23. The molecular weight excluding hydrogens is 440 g/mol. The Kier molecular flexibility index (Phi) is 7.79. The molecule has 0 spiro atoms. The monoisotopic (exact) mass is 463 g/mol. The Morgan fingerprint density at radius 3 is 2.56 bits per heavy atom. The van der Waals surface area contributed by atoms with Crippen LogP contribution in [-0.2, 0) is 4.74 Å². The topological polar surface area (TPSA) is 86.7 Å². The molecule has 2 heterocycles. The zero-order valence-corrected chi connectivity index (χ0v) is 18.2. The highest BCUT2D eigenvalue weighted by molar-refractivity contribution is 5.99. The molecule has 1 atom stereocenters. The standard InChI is InChI=1S/C22H23F2N5O2.ClH/c1-14-19(12-27-29(14)17-6-8-18(9-7-17)31-22(23)24)21(25)28-16-4-2-15(3-5-16)20-13-26-10-11-30-20;/h2-9,12,20,22,26H,10-11,13H2,1H3,(H2,25,28);1H/t20-;/m1./s1. The van der Waals surface area contributed by atoms with Gasteiger partial charge in [-0.3, -0.25) is 0 Å². The first-order valence-corrected chi connectivity index (χ1v) is 9.88. The second-order valence-corrected chi connectivity index (χ2v) is 7.08. The molecule has 4 rings (SSSR count). The average molecular weight is 464 g/mol. The molecule has 0 bridgehead atoms. The summed E-state index contributed by atoms with van der Waals surface area (Å²) in [4.78, 5) is 4.51. The second kappa shape index (κ2) is 10.5. The fourth-order valence-corrected chi connectivity index (χ4v) is 3.43. The van der Waals surface area contributed by atoms with Crippen LogP contribution in [0.15, 0.2) is 59.7 Å². The number of alkyl halides is 2. The number of amidine groups is 1. The van der Waals surface area contributed by atoms with E-state index < -0.39 is 6.61 Å². The first kappa shape index (κ1) is 23.6. The zero-order chi connectivity index (χ0) is 21.8. The van der Waals surface area contributed by atoms with Gasteiger partial charge in [0, 0.05) is 13.1 Å². The van der Waals surface area contributed by atoms with E-state index in [9.17, 15) is 8.78 Å². The van der Waals surface area contributed by atoms with Crippen molar-refractivity contribution in [2.24, 2.45) is 10.7 Å². The van der Waals surface area contributed by atoms with Gasteiger partial charge in [0.1, 0.15) is 11.6 Å². The molecule has 0 saturated carbocycles. The lowest BCUT2D eigenvalue weighted by atomic mass is 10.1. The van der Waals surface area contributed by atoms with Gasteiger partial charge in [-0.15, -0.1) is 12.4 Å². The van der Waals surface area contributed by atoms with E-state index in [1.807, 2.05) is 31.2 Å². The Bertz CT molecular complexity index is 1050. The number of aliphatic imine (C=N–C) groups is 1. The number of halogens is 3. The van der Waals surface area contributed by atoms with Crippen LogP contribution in [0.2, 0.25) is 0 Å². The van der Waals surface area contributed by atoms with E-state index >= 15 is 0 Å². The maximum absolute atomic E-state index is 12.3. The number of aromatic nitrogens is 2. The minimum Gasteiger partial charge on any atom is -0.435 e. The molecular formula is C22H24ClF2N5O2. The summed E-state index contributed by atoms with van der Waals surface area (Å²) in [6.07, 6.45) is 1.68. The quantitative estimate of drug-likeness (QED) is 0.427. The van der Waals surface area contributed by atoms with Gasteiger partial charge in [0.05, 0.1) is 41.5 Å². The van der Waals surface area contributed by atoms with Crippen molar-refractivity contribution >= 4 is 23.9 Å². The van der Waals surface area contributed by atoms with Gasteiger partial charge in [-0.1, -0.05) is 12.1 Å². The first-order chi connectivity index (χ1) is 15.0. The third kappa shape index (κ3) is 5.42. The summed E-state index contributed by atoms with van der Waals surface area (Å²) in [5.74, 6) is 0.424. The van der Waals surface area contributed by atoms with Crippen LogP contribution in [0.4, 0.5) is 14.5 Å². The Balaban J connectivity index is 0.00000289. The molecule has 1 fully saturated rings. The predicted molar refractivity (Wildman–Crippen MR) is 121 cm³/mol. The van der Waals surface area contributed by atoms with E-state index in [2.05, 4.69) is 20.1 Å². The summed E-state index contributed by atoms with van der Waals surface area (Å²) in [5, 5.41) is 7.67. The van der Waals surface area contributed by atoms with Crippen molar-refractivity contribution in [2.45, 2.75) is 19.6 Å². The Morgan fingerprint density at radius 1 is 1.22 bits per heavy atom. The summed E-state index contributed by atoms with van der Waals surface area (Å²) in [6, 6.07) is 14.0. The van der Waals surface area contributed by atoms with Gasteiger partial charge in [0.15, 0.2) is 0 Å². The molecule has 7 nitrogen and oxygen atoms in total. The maximum Gasteiger partial charge on any atom is 0.387 e. The van der Waals surface area contributed by atoms with Crippen molar-refractivity contribution < 1.29 is 18.3 Å². The van der Waals surface area contributed by atoms with Gasteiger partial charge in [-0.05, 0) is 48.9 Å². The fourth-order valence-electron chi connectivity index (χ4n) is 3.43. The number of nitrogens with zero attached hydrogens (tertiary/aromatic N) is 3. The second-order valence-electron chi connectivity index (χ2n) is 7.08. The number of nitrogens with one attached hydrogen (secondary N) is 1. The summed E-state index contributed by atoms with van der Waals surface area (Å²) in [5.41, 5.74) is 10.2. The van der Waals surface area contributed by atoms with Crippen LogP contribution in [-0.4, -0.2) is 41.9 Å². The van der Waals surface area contributed by atoms with Crippen molar-refractivity contribution in [2.75, 3.05) is 19.7 Å². The SMILES string of the molecule is Cc1c(C(N)=Nc2ccc([C@H]3CNCCO3)cc2)cnn1-c1ccc(OC(F)F)cc1.Cl. The smallest absolute Gasteiger partial charge is 0.387 e. The van der Waals surface area contributed by atoms with Crippen LogP contribution < -0.4 is 15.8 Å².